The molecule has 9 heteroatoms. The van der Waals surface area contributed by atoms with Crippen LogP contribution < -0.4 is 10.1 Å². The van der Waals surface area contributed by atoms with Gasteiger partial charge in [0.15, 0.2) is 10.9 Å². The largest absolute Gasteiger partial charge is 0.495 e. The number of furan rings is 1. The Labute approximate surface area is 169 Å². The Kier molecular flexibility index (Phi) is 5.12. The minimum Gasteiger partial charge on any atom is -0.495 e. The number of ether oxygens (including phenoxy) is 1. The molecule has 0 unspecified atom stereocenters. The van der Waals surface area contributed by atoms with Crippen molar-refractivity contribution >= 4 is 28.2 Å². The van der Waals surface area contributed by atoms with Crippen LogP contribution in [0.2, 0.25) is 0 Å². The summed E-state index contributed by atoms with van der Waals surface area (Å²) in [7, 11) is 1.52. The van der Waals surface area contributed by atoms with Gasteiger partial charge in [-0.05, 0) is 36.4 Å². The van der Waals surface area contributed by atoms with Crippen LogP contribution in [-0.4, -0.2) is 33.8 Å². The first kappa shape index (κ1) is 18.5. The molecule has 1 N–H and O–H groups in total. The van der Waals surface area contributed by atoms with Crippen molar-refractivity contribution in [1.82, 2.24) is 15.0 Å². The number of nitrogens with one attached hydrogen (secondary N) is 1. The number of carbonyl (C=O) groups is 2. The zero-order chi connectivity index (χ0) is 20.2. The highest BCUT2D eigenvalue weighted by Crippen LogP contribution is 2.33. The number of nitrogens with zero attached hydrogens (tertiary/aromatic N) is 3. The summed E-state index contributed by atoms with van der Waals surface area (Å²) in [6.45, 7) is 0. The monoisotopic (exact) mass is 406 g/mol. The van der Waals surface area contributed by atoms with Gasteiger partial charge in [-0.25, -0.2) is 9.97 Å². The van der Waals surface area contributed by atoms with E-state index >= 15 is 0 Å². The molecule has 0 saturated heterocycles. The lowest BCUT2D eigenvalue weighted by molar-refractivity contribution is 0.102. The molecule has 8 nitrogen and oxygen atoms in total. The quantitative estimate of drug-likeness (QED) is 0.487. The number of aromatic nitrogens is 3. The van der Waals surface area contributed by atoms with Crippen LogP contribution in [0, 0.1) is 0 Å². The summed E-state index contributed by atoms with van der Waals surface area (Å²) in [6.07, 6.45) is 6.00. The maximum absolute atomic E-state index is 13.0. The van der Waals surface area contributed by atoms with Crippen LogP contribution in [0.1, 0.15) is 25.7 Å². The van der Waals surface area contributed by atoms with Crippen molar-refractivity contribution in [3.05, 3.63) is 77.4 Å². The molecule has 1 amide bonds. The van der Waals surface area contributed by atoms with Gasteiger partial charge in [0.05, 0.1) is 19.6 Å². The third-order valence-corrected chi connectivity index (χ3v) is 4.93. The van der Waals surface area contributed by atoms with Crippen molar-refractivity contribution in [3.63, 3.8) is 0 Å². The highest BCUT2D eigenvalue weighted by atomic mass is 32.1. The third-order valence-electron chi connectivity index (χ3n) is 3.96. The fourth-order valence-electron chi connectivity index (χ4n) is 2.53. The SMILES string of the molecule is COc1ccc(C(=O)c2sc(NC(=O)c3ccncc3)nc2-c2ccco2)nc1. The molecule has 0 aliphatic heterocycles. The van der Waals surface area contributed by atoms with Crippen molar-refractivity contribution in [2.24, 2.45) is 0 Å². The van der Waals surface area contributed by atoms with E-state index in [0.717, 1.165) is 11.3 Å². The van der Waals surface area contributed by atoms with E-state index in [1.165, 1.54) is 32.0 Å². The zero-order valence-corrected chi connectivity index (χ0v) is 16.0. The number of rotatable bonds is 6. The normalized spacial score (nSPS) is 10.5. The topological polar surface area (TPSA) is 107 Å². The lowest BCUT2D eigenvalue weighted by Crippen LogP contribution is -2.11. The Hall–Kier alpha value is -3.85. The predicted octanol–water partition coefficient (Wildman–Crippen LogP) is 3.69. The molecule has 0 aliphatic rings. The van der Waals surface area contributed by atoms with Crippen molar-refractivity contribution in [2.75, 3.05) is 12.4 Å². The van der Waals surface area contributed by atoms with Gasteiger partial charge >= 0.3 is 0 Å². The van der Waals surface area contributed by atoms with E-state index in [0.29, 0.717) is 27.6 Å². The highest BCUT2D eigenvalue weighted by molar-refractivity contribution is 7.18. The smallest absolute Gasteiger partial charge is 0.257 e. The minimum absolute atomic E-state index is 0.231. The molecule has 29 heavy (non-hydrogen) atoms. The van der Waals surface area contributed by atoms with E-state index in [-0.39, 0.29) is 22.5 Å². The molecule has 0 atom stereocenters. The standard InChI is InChI=1S/C20H14N4O4S/c1-27-13-4-5-14(22-11-13)17(25)18-16(15-3-2-10-28-15)23-20(29-18)24-19(26)12-6-8-21-9-7-12/h2-11H,1H3,(H,23,24,26). The molecule has 0 radical (unpaired) electrons. The fraction of sp³-hybridized carbons (Fsp3) is 0.0500. The molecule has 0 spiro atoms. The molecular formula is C20H14N4O4S. The molecular weight excluding hydrogens is 392 g/mol. The van der Waals surface area contributed by atoms with Gasteiger partial charge in [0.2, 0.25) is 5.78 Å². The van der Waals surface area contributed by atoms with Gasteiger partial charge in [-0.3, -0.25) is 19.9 Å². The number of methoxy groups -OCH3 is 1. The molecule has 4 aromatic rings. The predicted molar refractivity (Wildman–Crippen MR) is 106 cm³/mol. The number of carbonyl (C=O) groups excluding carboxylic acids is 2. The van der Waals surface area contributed by atoms with Crippen LogP contribution in [0.5, 0.6) is 5.75 Å². The summed E-state index contributed by atoms with van der Waals surface area (Å²) in [5, 5.41) is 2.99. The van der Waals surface area contributed by atoms with Crippen molar-refractivity contribution in [2.45, 2.75) is 0 Å². The van der Waals surface area contributed by atoms with Crippen molar-refractivity contribution in [1.29, 1.82) is 0 Å². The van der Waals surface area contributed by atoms with Crippen molar-refractivity contribution in [3.8, 4) is 17.2 Å². The summed E-state index contributed by atoms with van der Waals surface area (Å²) < 4.78 is 10.5. The summed E-state index contributed by atoms with van der Waals surface area (Å²) in [5.41, 5.74) is 1.00. The van der Waals surface area contributed by atoms with Gasteiger partial charge in [0.25, 0.3) is 5.91 Å². The maximum atomic E-state index is 13.0. The van der Waals surface area contributed by atoms with E-state index in [4.69, 9.17) is 9.15 Å². The Morgan fingerprint density at radius 2 is 1.97 bits per heavy atom. The highest BCUT2D eigenvalue weighted by Gasteiger charge is 2.24. The van der Waals surface area contributed by atoms with Crippen LogP contribution in [0.3, 0.4) is 0 Å². The molecule has 0 aliphatic carbocycles. The molecule has 0 aromatic carbocycles. The van der Waals surface area contributed by atoms with Crippen LogP contribution in [0.25, 0.3) is 11.5 Å². The van der Waals surface area contributed by atoms with Crippen LogP contribution in [0.4, 0.5) is 5.13 Å². The van der Waals surface area contributed by atoms with Crippen LogP contribution >= 0.6 is 11.3 Å². The minimum atomic E-state index is -0.353. The maximum Gasteiger partial charge on any atom is 0.257 e. The van der Waals surface area contributed by atoms with E-state index in [1.807, 2.05) is 0 Å². The first-order chi connectivity index (χ1) is 14.2. The van der Waals surface area contributed by atoms with Crippen molar-refractivity contribution < 1.29 is 18.7 Å². The van der Waals surface area contributed by atoms with Gasteiger partial charge in [-0.2, -0.15) is 0 Å². The second-order valence-electron chi connectivity index (χ2n) is 5.78. The van der Waals surface area contributed by atoms with E-state index in [1.54, 1.807) is 36.4 Å². The molecule has 4 heterocycles. The number of ketones is 1. The number of pyridine rings is 2. The number of thiazole rings is 1. The average Bonchev–Trinajstić information content (AvgIpc) is 3.44. The number of amides is 1. The number of hydrogen-bond acceptors (Lipinski definition) is 8. The summed E-state index contributed by atoms with van der Waals surface area (Å²) in [6, 6.07) is 9.79. The summed E-state index contributed by atoms with van der Waals surface area (Å²) in [4.78, 5) is 38.2. The van der Waals surface area contributed by atoms with Crippen LogP contribution in [0.15, 0.2) is 65.7 Å². The van der Waals surface area contributed by atoms with Crippen LogP contribution in [-0.2, 0) is 0 Å². The number of hydrogen-bond donors (Lipinski definition) is 1. The van der Waals surface area contributed by atoms with Gasteiger partial charge in [-0.1, -0.05) is 11.3 Å². The van der Waals surface area contributed by atoms with E-state index in [9.17, 15) is 9.59 Å². The average molecular weight is 406 g/mol. The Morgan fingerprint density at radius 3 is 2.62 bits per heavy atom. The van der Waals surface area contributed by atoms with E-state index in [2.05, 4.69) is 20.3 Å². The molecule has 0 fully saturated rings. The molecule has 0 saturated carbocycles. The fourth-order valence-corrected chi connectivity index (χ4v) is 3.45. The lowest BCUT2D eigenvalue weighted by Gasteiger charge is -2.01. The van der Waals surface area contributed by atoms with Gasteiger partial charge in [-0.15, -0.1) is 0 Å². The summed E-state index contributed by atoms with van der Waals surface area (Å²) in [5.74, 6) is 0.277. The first-order valence-corrected chi connectivity index (χ1v) is 9.28. The Morgan fingerprint density at radius 1 is 1.14 bits per heavy atom. The third kappa shape index (κ3) is 3.90. The number of anilines is 1. The molecule has 4 aromatic heterocycles. The second-order valence-corrected chi connectivity index (χ2v) is 6.78. The summed E-state index contributed by atoms with van der Waals surface area (Å²) >= 11 is 1.05. The Bertz CT molecular complexity index is 1140. The molecule has 144 valence electrons. The lowest BCUT2D eigenvalue weighted by atomic mass is 10.1. The second kappa shape index (κ2) is 8.03. The first-order valence-electron chi connectivity index (χ1n) is 8.46. The Balaban J connectivity index is 1.68. The molecule has 4 rings (SSSR count). The zero-order valence-electron chi connectivity index (χ0n) is 15.2. The van der Waals surface area contributed by atoms with Gasteiger partial charge < -0.3 is 9.15 Å². The van der Waals surface area contributed by atoms with E-state index < -0.39 is 0 Å². The molecule has 0 bridgehead atoms. The van der Waals surface area contributed by atoms with Gasteiger partial charge in [0, 0.05) is 18.0 Å². The van der Waals surface area contributed by atoms with Gasteiger partial charge in [0.1, 0.15) is 22.0 Å².